The summed E-state index contributed by atoms with van der Waals surface area (Å²) < 4.78 is 0. The van der Waals surface area contributed by atoms with Crippen molar-refractivity contribution in [3.63, 3.8) is 0 Å². The Morgan fingerprint density at radius 2 is 2.13 bits per heavy atom. The second-order valence-electron chi connectivity index (χ2n) is 3.26. The number of benzene rings is 1. The van der Waals surface area contributed by atoms with Gasteiger partial charge in [0, 0.05) is 17.0 Å². The van der Waals surface area contributed by atoms with Gasteiger partial charge in [0.2, 0.25) is 0 Å². The predicted molar refractivity (Wildman–Crippen MR) is 62.3 cm³/mol. The van der Waals surface area contributed by atoms with Crippen molar-refractivity contribution in [2.45, 2.75) is 6.42 Å². The fourth-order valence-corrected chi connectivity index (χ4v) is 1.79. The van der Waals surface area contributed by atoms with Gasteiger partial charge in [0.15, 0.2) is 0 Å². The van der Waals surface area contributed by atoms with Crippen molar-refractivity contribution >= 4 is 22.4 Å². The van der Waals surface area contributed by atoms with Crippen molar-refractivity contribution in [3.05, 3.63) is 47.8 Å². The van der Waals surface area contributed by atoms with Crippen LogP contribution in [0.5, 0.6) is 5.75 Å². The predicted octanol–water partition coefficient (Wildman–Crippen LogP) is 3.32. The van der Waals surface area contributed by atoms with Gasteiger partial charge in [-0.1, -0.05) is 29.8 Å². The number of allylic oxidation sites excluding steroid dienone is 1. The van der Waals surface area contributed by atoms with Gasteiger partial charge in [0.25, 0.3) is 0 Å². The van der Waals surface area contributed by atoms with Crippen LogP contribution in [-0.2, 0) is 6.42 Å². The number of nitrogens with zero attached hydrogens (tertiary/aromatic N) is 1. The fourth-order valence-electron chi connectivity index (χ4n) is 1.57. The molecule has 0 spiro atoms. The van der Waals surface area contributed by atoms with Crippen LogP contribution in [0, 0.1) is 0 Å². The molecule has 3 heteroatoms. The van der Waals surface area contributed by atoms with Gasteiger partial charge in [0.1, 0.15) is 10.9 Å². The summed E-state index contributed by atoms with van der Waals surface area (Å²) in [6.45, 7) is 3.65. The van der Waals surface area contributed by atoms with Crippen molar-refractivity contribution in [2.24, 2.45) is 0 Å². The minimum atomic E-state index is 0.261. The van der Waals surface area contributed by atoms with Crippen LogP contribution in [0.4, 0.5) is 0 Å². The van der Waals surface area contributed by atoms with E-state index < -0.39 is 0 Å². The summed E-state index contributed by atoms with van der Waals surface area (Å²) in [6, 6.07) is 5.46. The van der Waals surface area contributed by atoms with E-state index in [4.69, 9.17) is 11.6 Å². The van der Waals surface area contributed by atoms with Crippen molar-refractivity contribution in [2.75, 3.05) is 0 Å². The lowest BCUT2D eigenvalue weighted by Gasteiger charge is -2.06. The third kappa shape index (κ3) is 1.68. The van der Waals surface area contributed by atoms with Gasteiger partial charge in [-0.25, -0.2) is 4.98 Å². The zero-order valence-corrected chi connectivity index (χ0v) is 8.83. The summed E-state index contributed by atoms with van der Waals surface area (Å²) in [7, 11) is 0. The first-order valence-corrected chi connectivity index (χ1v) is 4.98. The number of aromatic nitrogens is 1. The number of fused-ring (bicyclic) bond motifs is 1. The molecule has 1 N–H and O–H groups in total. The molecule has 0 radical (unpaired) electrons. The Bertz CT molecular complexity index is 522. The van der Waals surface area contributed by atoms with E-state index in [2.05, 4.69) is 11.6 Å². The van der Waals surface area contributed by atoms with Crippen LogP contribution in [0.2, 0.25) is 5.15 Å². The van der Waals surface area contributed by atoms with E-state index in [-0.39, 0.29) is 5.75 Å². The van der Waals surface area contributed by atoms with E-state index in [0.29, 0.717) is 11.6 Å². The molecule has 1 heterocycles. The molecule has 0 amide bonds. The van der Waals surface area contributed by atoms with E-state index >= 15 is 0 Å². The molecule has 1 aromatic heterocycles. The van der Waals surface area contributed by atoms with Gasteiger partial charge in [-0.3, -0.25) is 0 Å². The Morgan fingerprint density at radius 1 is 1.33 bits per heavy atom. The van der Waals surface area contributed by atoms with E-state index in [1.165, 1.54) is 0 Å². The fraction of sp³-hybridized carbons (Fsp3) is 0.0833. The van der Waals surface area contributed by atoms with E-state index in [1.807, 2.05) is 12.1 Å². The number of pyridine rings is 1. The molecule has 0 aliphatic heterocycles. The third-order valence-electron chi connectivity index (χ3n) is 2.32. The summed E-state index contributed by atoms with van der Waals surface area (Å²) in [6.07, 6.45) is 3.98. The average molecular weight is 220 g/mol. The molecule has 0 atom stereocenters. The SMILES string of the molecule is C=CCc1ccc2c(Cl)nccc2c1O. The molecule has 2 rings (SSSR count). The standard InChI is InChI=1S/C12H10ClNO/c1-2-3-8-4-5-10-9(11(8)15)6-7-14-12(10)13/h2,4-7,15H,1,3H2. The number of aromatic hydroxyl groups is 1. The highest BCUT2D eigenvalue weighted by Crippen LogP contribution is 2.31. The van der Waals surface area contributed by atoms with Crippen molar-refractivity contribution in [1.29, 1.82) is 0 Å². The maximum absolute atomic E-state index is 9.97. The summed E-state index contributed by atoms with van der Waals surface area (Å²) in [5.74, 6) is 0.261. The molecule has 1 aromatic carbocycles. The molecule has 0 aliphatic rings. The van der Waals surface area contributed by atoms with Crippen LogP contribution in [0.1, 0.15) is 5.56 Å². The summed E-state index contributed by atoms with van der Waals surface area (Å²) >= 11 is 5.92. The molecule has 0 saturated heterocycles. The van der Waals surface area contributed by atoms with Crippen LogP contribution in [0.25, 0.3) is 10.8 Å². The van der Waals surface area contributed by atoms with Gasteiger partial charge in [-0.2, -0.15) is 0 Å². The Hall–Kier alpha value is -1.54. The molecule has 0 bridgehead atoms. The Balaban J connectivity index is 2.73. The van der Waals surface area contributed by atoms with Gasteiger partial charge in [-0.15, -0.1) is 6.58 Å². The summed E-state index contributed by atoms with van der Waals surface area (Å²) in [5, 5.41) is 11.9. The molecule has 0 saturated carbocycles. The number of halogens is 1. The molecule has 15 heavy (non-hydrogen) atoms. The smallest absolute Gasteiger partial charge is 0.136 e. The van der Waals surface area contributed by atoms with E-state index in [0.717, 1.165) is 16.3 Å². The molecule has 0 fully saturated rings. The van der Waals surface area contributed by atoms with Gasteiger partial charge in [0.05, 0.1) is 0 Å². The number of phenols is 1. The molecular weight excluding hydrogens is 210 g/mol. The van der Waals surface area contributed by atoms with Crippen molar-refractivity contribution in [3.8, 4) is 5.75 Å². The second kappa shape index (κ2) is 3.91. The maximum atomic E-state index is 9.97. The lowest BCUT2D eigenvalue weighted by atomic mass is 10.1. The Morgan fingerprint density at radius 3 is 2.87 bits per heavy atom. The Kier molecular flexibility index (Phi) is 2.60. The molecule has 2 nitrogen and oxygen atoms in total. The first-order chi connectivity index (χ1) is 7.24. The van der Waals surface area contributed by atoms with Gasteiger partial charge < -0.3 is 5.11 Å². The summed E-state index contributed by atoms with van der Waals surface area (Å²) in [4.78, 5) is 3.96. The van der Waals surface area contributed by atoms with Gasteiger partial charge in [-0.05, 0) is 18.1 Å². The first kappa shape index (κ1) is 9.99. The lowest BCUT2D eigenvalue weighted by Crippen LogP contribution is -1.86. The number of hydrogen-bond acceptors (Lipinski definition) is 2. The van der Waals surface area contributed by atoms with Crippen LogP contribution < -0.4 is 0 Å². The zero-order valence-electron chi connectivity index (χ0n) is 8.07. The minimum Gasteiger partial charge on any atom is -0.507 e. The van der Waals surface area contributed by atoms with E-state index in [1.54, 1.807) is 18.3 Å². The first-order valence-electron chi connectivity index (χ1n) is 4.60. The average Bonchev–Trinajstić information content (AvgIpc) is 2.23. The third-order valence-corrected chi connectivity index (χ3v) is 2.62. The number of rotatable bonds is 2. The zero-order chi connectivity index (χ0) is 10.8. The number of phenolic OH excluding ortho intramolecular Hbond substituents is 1. The minimum absolute atomic E-state index is 0.261. The second-order valence-corrected chi connectivity index (χ2v) is 3.62. The molecule has 0 aliphatic carbocycles. The normalized spacial score (nSPS) is 10.5. The highest BCUT2D eigenvalue weighted by atomic mass is 35.5. The van der Waals surface area contributed by atoms with Crippen LogP contribution in [0.3, 0.4) is 0 Å². The largest absolute Gasteiger partial charge is 0.507 e. The molecule has 2 aromatic rings. The maximum Gasteiger partial charge on any atom is 0.136 e. The van der Waals surface area contributed by atoms with Gasteiger partial charge >= 0.3 is 0 Å². The highest BCUT2D eigenvalue weighted by molar-refractivity contribution is 6.34. The monoisotopic (exact) mass is 219 g/mol. The molecule has 0 unspecified atom stereocenters. The lowest BCUT2D eigenvalue weighted by molar-refractivity contribution is 0.476. The van der Waals surface area contributed by atoms with Crippen molar-refractivity contribution in [1.82, 2.24) is 4.98 Å². The van der Waals surface area contributed by atoms with Crippen LogP contribution >= 0.6 is 11.6 Å². The van der Waals surface area contributed by atoms with Crippen LogP contribution in [0.15, 0.2) is 37.1 Å². The Labute approximate surface area is 92.8 Å². The van der Waals surface area contributed by atoms with Crippen molar-refractivity contribution < 1.29 is 5.11 Å². The highest BCUT2D eigenvalue weighted by Gasteiger charge is 2.07. The topological polar surface area (TPSA) is 33.1 Å². The molecular formula is C12H10ClNO. The summed E-state index contributed by atoms with van der Waals surface area (Å²) in [5.41, 5.74) is 0.847. The molecule has 76 valence electrons. The number of hydrogen-bond donors (Lipinski definition) is 1. The van der Waals surface area contributed by atoms with Crippen LogP contribution in [-0.4, -0.2) is 10.1 Å². The van der Waals surface area contributed by atoms with E-state index in [9.17, 15) is 5.11 Å². The quantitative estimate of drug-likeness (QED) is 0.621.